The molecule has 24 heavy (non-hydrogen) atoms. The number of nitrogens with zero attached hydrogens (tertiary/aromatic N) is 3. The molecular weight excluding hydrogens is 306 g/mol. The summed E-state index contributed by atoms with van der Waals surface area (Å²) in [4.78, 5) is 22.6. The zero-order chi connectivity index (χ0) is 16.6. The van der Waals surface area contributed by atoms with Crippen molar-refractivity contribution in [3.8, 4) is 5.75 Å². The molecule has 0 bridgehead atoms. The first kappa shape index (κ1) is 16.2. The minimum atomic E-state index is -0.134. The highest BCUT2D eigenvalue weighted by Crippen LogP contribution is 2.22. The molecule has 1 aromatic heterocycles. The standard InChI is InChI=1S/C18H21N3O3/c22-18(24-13-12-23-16-4-2-1-3-5-16)15-6-10-21(11-7-15)17-14-19-8-9-20-17/h1-5,8-9,14-15H,6-7,10-13H2. The smallest absolute Gasteiger partial charge is 0.309 e. The quantitative estimate of drug-likeness (QED) is 0.599. The monoisotopic (exact) mass is 327 g/mol. The summed E-state index contributed by atoms with van der Waals surface area (Å²) in [6.07, 6.45) is 6.64. The van der Waals surface area contributed by atoms with E-state index in [2.05, 4.69) is 14.9 Å². The molecule has 0 amide bonds. The summed E-state index contributed by atoms with van der Waals surface area (Å²) in [5.41, 5.74) is 0. The number of rotatable bonds is 6. The molecule has 0 radical (unpaired) electrons. The Hall–Kier alpha value is -2.63. The first-order chi connectivity index (χ1) is 11.8. The molecule has 2 aromatic rings. The fraction of sp³-hybridized carbons (Fsp3) is 0.389. The van der Waals surface area contributed by atoms with Crippen molar-refractivity contribution < 1.29 is 14.3 Å². The van der Waals surface area contributed by atoms with E-state index < -0.39 is 0 Å². The number of aromatic nitrogens is 2. The fourth-order valence-electron chi connectivity index (χ4n) is 2.74. The van der Waals surface area contributed by atoms with Crippen LogP contribution in [-0.4, -0.2) is 42.2 Å². The van der Waals surface area contributed by atoms with Gasteiger partial charge in [-0.15, -0.1) is 0 Å². The van der Waals surface area contributed by atoms with Crippen LogP contribution in [0.2, 0.25) is 0 Å². The first-order valence-corrected chi connectivity index (χ1v) is 8.18. The third-order valence-corrected chi connectivity index (χ3v) is 4.04. The van der Waals surface area contributed by atoms with E-state index in [9.17, 15) is 4.79 Å². The van der Waals surface area contributed by atoms with Crippen LogP contribution in [0.3, 0.4) is 0 Å². The predicted octanol–water partition coefficient (Wildman–Crippen LogP) is 2.32. The Morgan fingerprint density at radius 3 is 2.62 bits per heavy atom. The van der Waals surface area contributed by atoms with Crippen molar-refractivity contribution in [2.75, 3.05) is 31.2 Å². The molecule has 6 nitrogen and oxygen atoms in total. The molecule has 0 atom stereocenters. The van der Waals surface area contributed by atoms with E-state index in [-0.39, 0.29) is 18.5 Å². The van der Waals surface area contributed by atoms with Crippen LogP contribution in [0.25, 0.3) is 0 Å². The largest absolute Gasteiger partial charge is 0.490 e. The zero-order valence-electron chi connectivity index (χ0n) is 13.5. The molecule has 0 spiro atoms. The van der Waals surface area contributed by atoms with Gasteiger partial charge in [0, 0.05) is 25.5 Å². The van der Waals surface area contributed by atoms with Crippen molar-refractivity contribution >= 4 is 11.8 Å². The topological polar surface area (TPSA) is 64.6 Å². The molecule has 0 unspecified atom stereocenters. The number of para-hydroxylation sites is 1. The zero-order valence-corrected chi connectivity index (χ0v) is 13.5. The van der Waals surface area contributed by atoms with Crippen molar-refractivity contribution in [1.82, 2.24) is 9.97 Å². The molecular formula is C18H21N3O3. The van der Waals surface area contributed by atoms with Crippen molar-refractivity contribution in [1.29, 1.82) is 0 Å². The third kappa shape index (κ3) is 4.44. The number of anilines is 1. The van der Waals surface area contributed by atoms with E-state index in [0.717, 1.165) is 37.5 Å². The van der Waals surface area contributed by atoms with E-state index in [1.54, 1.807) is 18.6 Å². The maximum absolute atomic E-state index is 12.1. The van der Waals surface area contributed by atoms with Gasteiger partial charge in [-0.1, -0.05) is 18.2 Å². The lowest BCUT2D eigenvalue weighted by atomic mass is 9.97. The molecule has 1 fully saturated rings. The number of ether oxygens (including phenoxy) is 2. The van der Waals surface area contributed by atoms with Gasteiger partial charge in [-0.2, -0.15) is 0 Å². The third-order valence-electron chi connectivity index (χ3n) is 4.04. The van der Waals surface area contributed by atoms with E-state index in [1.165, 1.54) is 0 Å². The molecule has 3 rings (SSSR count). The molecule has 6 heteroatoms. The normalized spacial score (nSPS) is 15.1. The summed E-state index contributed by atoms with van der Waals surface area (Å²) in [5, 5.41) is 0. The second-order valence-corrected chi connectivity index (χ2v) is 5.65. The van der Waals surface area contributed by atoms with E-state index in [4.69, 9.17) is 9.47 Å². The lowest BCUT2D eigenvalue weighted by molar-refractivity contribution is -0.150. The number of carbonyl (C=O) groups excluding carboxylic acids is 1. The predicted molar refractivity (Wildman–Crippen MR) is 89.9 cm³/mol. The number of esters is 1. The van der Waals surface area contributed by atoms with Crippen LogP contribution < -0.4 is 9.64 Å². The number of piperidine rings is 1. The fourth-order valence-corrected chi connectivity index (χ4v) is 2.74. The van der Waals surface area contributed by atoms with Gasteiger partial charge in [-0.25, -0.2) is 4.98 Å². The van der Waals surface area contributed by atoms with Crippen LogP contribution in [0.15, 0.2) is 48.9 Å². The van der Waals surface area contributed by atoms with Crippen LogP contribution in [0.5, 0.6) is 5.75 Å². The van der Waals surface area contributed by atoms with Gasteiger partial charge in [0.15, 0.2) is 0 Å². The maximum Gasteiger partial charge on any atom is 0.309 e. The first-order valence-electron chi connectivity index (χ1n) is 8.18. The van der Waals surface area contributed by atoms with Crippen LogP contribution in [0.1, 0.15) is 12.8 Å². The molecule has 1 aromatic carbocycles. The van der Waals surface area contributed by atoms with Gasteiger partial charge in [0.25, 0.3) is 0 Å². The summed E-state index contributed by atoms with van der Waals surface area (Å²) < 4.78 is 10.9. The summed E-state index contributed by atoms with van der Waals surface area (Å²) in [6.45, 7) is 2.23. The Bertz CT molecular complexity index is 628. The molecule has 0 N–H and O–H groups in total. The molecule has 0 aliphatic carbocycles. The lowest BCUT2D eigenvalue weighted by Gasteiger charge is -2.31. The second-order valence-electron chi connectivity index (χ2n) is 5.65. The summed E-state index contributed by atoms with van der Waals surface area (Å²) in [7, 11) is 0. The highest BCUT2D eigenvalue weighted by molar-refractivity contribution is 5.72. The second kappa shape index (κ2) is 8.29. The molecule has 2 heterocycles. The van der Waals surface area contributed by atoms with Gasteiger partial charge in [0.1, 0.15) is 24.8 Å². The number of hydrogen-bond acceptors (Lipinski definition) is 6. The van der Waals surface area contributed by atoms with E-state index in [0.29, 0.717) is 6.61 Å². The van der Waals surface area contributed by atoms with E-state index in [1.807, 2.05) is 30.3 Å². The van der Waals surface area contributed by atoms with Crippen molar-refractivity contribution in [2.24, 2.45) is 5.92 Å². The Morgan fingerprint density at radius 2 is 1.92 bits per heavy atom. The molecule has 0 saturated carbocycles. The summed E-state index contributed by atoms with van der Waals surface area (Å²) in [5.74, 6) is 1.46. The molecule has 1 aliphatic rings. The molecule has 1 aliphatic heterocycles. The van der Waals surface area contributed by atoms with Gasteiger partial charge in [-0.05, 0) is 25.0 Å². The lowest BCUT2D eigenvalue weighted by Crippen LogP contribution is -2.37. The molecule has 1 saturated heterocycles. The number of hydrogen-bond donors (Lipinski definition) is 0. The van der Waals surface area contributed by atoms with Crippen LogP contribution in [0.4, 0.5) is 5.82 Å². The van der Waals surface area contributed by atoms with Gasteiger partial charge in [0.05, 0.1) is 12.1 Å². The van der Waals surface area contributed by atoms with Crippen molar-refractivity contribution in [2.45, 2.75) is 12.8 Å². The minimum absolute atomic E-state index is 0.0466. The highest BCUT2D eigenvalue weighted by Gasteiger charge is 2.26. The van der Waals surface area contributed by atoms with Crippen LogP contribution in [0, 0.1) is 5.92 Å². The van der Waals surface area contributed by atoms with E-state index >= 15 is 0 Å². The average Bonchev–Trinajstić information content (AvgIpc) is 2.67. The van der Waals surface area contributed by atoms with Crippen LogP contribution >= 0.6 is 0 Å². The Labute approximate surface area is 141 Å². The number of carbonyl (C=O) groups is 1. The summed E-state index contributed by atoms with van der Waals surface area (Å²) in [6, 6.07) is 9.51. The van der Waals surface area contributed by atoms with Gasteiger partial charge in [-0.3, -0.25) is 9.78 Å². The van der Waals surface area contributed by atoms with Gasteiger partial charge >= 0.3 is 5.97 Å². The average molecular weight is 327 g/mol. The Morgan fingerprint density at radius 1 is 1.12 bits per heavy atom. The van der Waals surface area contributed by atoms with Gasteiger partial charge in [0.2, 0.25) is 0 Å². The Balaban J connectivity index is 1.36. The highest BCUT2D eigenvalue weighted by atomic mass is 16.6. The minimum Gasteiger partial charge on any atom is -0.490 e. The molecule has 126 valence electrons. The van der Waals surface area contributed by atoms with Gasteiger partial charge < -0.3 is 14.4 Å². The van der Waals surface area contributed by atoms with Crippen molar-refractivity contribution in [3.63, 3.8) is 0 Å². The Kier molecular flexibility index (Phi) is 5.61. The SMILES string of the molecule is O=C(OCCOc1ccccc1)C1CCN(c2cnccn2)CC1. The summed E-state index contributed by atoms with van der Waals surface area (Å²) >= 11 is 0. The maximum atomic E-state index is 12.1. The number of benzene rings is 1. The van der Waals surface area contributed by atoms with Crippen molar-refractivity contribution in [3.05, 3.63) is 48.9 Å². The van der Waals surface area contributed by atoms with Crippen LogP contribution in [-0.2, 0) is 9.53 Å².